The summed E-state index contributed by atoms with van der Waals surface area (Å²) in [6.45, 7) is 2.76. The number of nitrogens with one attached hydrogen (secondary N) is 1. The van der Waals surface area contributed by atoms with Crippen LogP contribution in [0.4, 0.5) is 5.95 Å². The summed E-state index contributed by atoms with van der Waals surface area (Å²) in [6, 6.07) is 7.31. The normalized spacial score (nSPS) is 10.2. The van der Waals surface area contributed by atoms with Gasteiger partial charge in [-0.05, 0) is 30.7 Å². The maximum Gasteiger partial charge on any atom is 0.243 e. The largest absolute Gasteiger partial charge is 0.494 e. The van der Waals surface area contributed by atoms with E-state index in [1.54, 1.807) is 7.05 Å². The van der Waals surface area contributed by atoms with E-state index in [0.717, 1.165) is 12.2 Å². The number of hydrogen-bond donors (Lipinski definition) is 1. The van der Waals surface area contributed by atoms with Crippen LogP contribution in [0.3, 0.4) is 0 Å². The Morgan fingerprint density at radius 2 is 1.90 bits per heavy atom. The Bertz CT molecular complexity index is 561. The Morgan fingerprint density at radius 1 is 1.20 bits per heavy atom. The number of anilines is 1. The average molecular weight is 294 g/mol. The fraction of sp³-hybridized carbons (Fsp3) is 0.286. The van der Waals surface area contributed by atoms with Gasteiger partial charge >= 0.3 is 0 Å². The van der Waals surface area contributed by atoms with Crippen LogP contribution in [-0.2, 0) is 0 Å². The van der Waals surface area contributed by atoms with Gasteiger partial charge in [0.25, 0.3) is 0 Å². The lowest BCUT2D eigenvalue weighted by Crippen LogP contribution is -1.98. The molecule has 0 amide bonds. The van der Waals surface area contributed by atoms with Gasteiger partial charge in [0.1, 0.15) is 16.5 Å². The van der Waals surface area contributed by atoms with E-state index >= 15 is 0 Å². The lowest BCUT2D eigenvalue weighted by Gasteiger charge is -2.09. The van der Waals surface area contributed by atoms with Crippen molar-refractivity contribution >= 4 is 17.5 Å². The zero-order valence-electron chi connectivity index (χ0n) is 11.4. The SMILES string of the molecule is CCCOc1ccc(Oc2nc(NC)ncc2Cl)cc1. The van der Waals surface area contributed by atoms with Gasteiger partial charge in [-0.2, -0.15) is 4.98 Å². The van der Waals surface area contributed by atoms with Crippen LogP contribution in [0.15, 0.2) is 30.5 Å². The Labute approximate surface area is 122 Å². The molecule has 0 saturated carbocycles. The monoisotopic (exact) mass is 293 g/mol. The number of benzene rings is 1. The van der Waals surface area contributed by atoms with Crippen molar-refractivity contribution in [1.29, 1.82) is 0 Å². The van der Waals surface area contributed by atoms with Crippen molar-refractivity contribution in [3.63, 3.8) is 0 Å². The topological polar surface area (TPSA) is 56.3 Å². The molecule has 1 N–H and O–H groups in total. The summed E-state index contributed by atoms with van der Waals surface area (Å²) in [5.41, 5.74) is 0. The van der Waals surface area contributed by atoms with Crippen LogP contribution in [0.1, 0.15) is 13.3 Å². The predicted octanol–water partition coefficient (Wildman–Crippen LogP) is 3.75. The minimum Gasteiger partial charge on any atom is -0.494 e. The number of hydrogen-bond acceptors (Lipinski definition) is 5. The van der Waals surface area contributed by atoms with Crippen molar-refractivity contribution < 1.29 is 9.47 Å². The number of halogens is 1. The highest BCUT2D eigenvalue weighted by Crippen LogP contribution is 2.28. The minimum absolute atomic E-state index is 0.313. The fourth-order valence-electron chi connectivity index (χ4n) is 1.48. The first kappa shape index (κ1) is 14.4. The molecule has 0 aliphatic heterocycles. The lowest BCUT2D eigenvalue weighted by molar-refractivity contribution is 0.317. The molecule has 0 aliphatic carbocycles. The van der Waals surface area contributed by atoms with Crippen LogP contribution in [-0.4, -0.2) is 23.6 Å². The van der Waals surface area contributed by atoms with Crippen molar-refractivity contribution in [2.24, 2.45) is 0 Å². The molecule has 6 heteroatoms. The molecule has 0 spiro atoms. The minimum atomic E-state index is 0.313. The number of nitrogens with zero attached hydrogens (tertiary/aromatic N) is 2. The van der Waals surface area contributed by atoms with Crippen LogP contribution < -0.4 is 14.8 Å². The zero-order chi connectivity index (χ0) is 14.4. The van der Waals surface area contributed by atoms with Gasteiger partial charge in [-0.1, -0.05) is 18.5 Å². The van der Waals surface area contributed by atoms with E-state index in [9.17, 15) is 0 Å². The first-order valence-corrected chi connectivity index (χ1v) is 6.71. The second-order valence-corrected chi connectivity index (χ2v) is 4.43. The second kappa shape index (κ2) is 6.96. The molecule has 2 rings (SSSR count). The van der Waals surface area contributed by atoms with Gasteiger partial charge in [-0.25, -0.2) is 4.98 Å². The second-order valence-electron chi connectivity index (χ2n) is 4.02. The highest BCUT2D eigenvalue weighted by Gasteiger charge is 2.07. The van der Waals surface area contributed by atoms with Gasteiger partial charge in [0.05, 0.1) is 12.8 Å². The van der Waals surface area contributed by atoms with Crippen LogP contribution >= 0.6 is 11.6 Å². The summed E-state index contributed by atoms with van der Waals surface area (Å²) < 4.78 is 11.1. The van der Waals surface area contributed by atoms with Crippen LogP contribution in [0.2, 0.25) is 5.02 Å². The quantitative estimate of drug-likeness (QED) is 0.879. The van der Waals surface area contributed by atoms with Crippen molar-refractivity contribution in [2.45, 2.75) is 13.3 Å². The third-order valence-corrected chi connectivity index (χ3v) is 2.71. The molecule has 0 atom stereocenters. The molecule has 0 aliphatic rings. The first-order valence-electron chi connectivity index (χ1n) is 6.34. The molecule has 106 valence electrons. The Balaban J connectivity index is 2.09. The molecule has 1 aromatic heterocycles. The molecule has 0 radical (unpaired) electrons. The van der Waals surface area contributed by atoms with Gasteiger partial charge in [0, 0.05) is 7.05 Å². The van der Waals surface area contributed by atoms with Crippen LogP contribution in [0, 0.1) is 0 Å². The van der Waals surface area contributed by atoms with E-state index in [2.05, 4.69) is 22.2 Å². The molecular formula is C14H16ClN3O2. The highest BCUT2D eigenvalue weighted by atomic mass is 35.5. The van der Waals surface area contributed by atoms with E-state index in [1.165, 1.54) is 6.20 Å². The van der Waals surface area contributed by atoms with Crippen molar-refractivity contribution in [3.05, 3.63) is 35.5 Å². The highest BCUT2D eigenvalue weighted by molar-refractivity contribution is 6.31. The van der Waals surface area contributed by atoms with Crippen molar-refractivity contribution in [1.82, 2.24) is 9.97 Å². The summed E-state index contributed by atoms with van der Waals surface area (Å²) in [5.74, 6) is 2.21. The average Bonchev–Trinajstić information content (AvgIpc) is 2.49. The van der Waals surface area contributed by atoms with Crippen molar-refractivity contribution in [2.75, 3.05) is 19.0 Å². The van der Waals surface area contributed by atoms with E-state index in [4.69, 9.17) is 21.1 Å². The summed E-state index contributed by atoms with van der Waals surface area (Å²) in [6.07, 6.45) is 2.47. The summed E-state index contributed by atoms with van der Waals surface area (Å²) in [7, 11) is 1.73. The Hall–Kier alpha value is -2.01. The molecule has 0 unspecified atom stereocenters. The number of ether oxygens (including phenoxy) is 2. The lowest BCUT2D eigenvalue weighted by atomic mass is 10.3. The maximum absolute atomic E-state index is 6.00. The number of rotatable bonds is 6. The molecular weight excluding hydrogens is 278 g/mol. The van der Waals surface area contributed by atoms with Gasteiger partial charge < -0.3 is 14.8 Å². The van der Waals surface area contributed by atoms with E-state index in [0.29, 0.717) is 29.2 Å². The standard InChI is InChI=1S/C14H16ClN3O2/c1-3-8-19-10-4-6-11(7-5-10)20-13-12(15)9-17-14(16-2)18-13/h4-7,9H,3,8H2,1-2H3,(H,16,17,18). The smallest absolute Gasteiger partial charge is 0.243 e. The molecule has 1 aromatic carbocycles. The number of aromatic nitrogens is 2. The molecule has 2 aromatic rings. The van der Waals surface area contributed by atoms with Gasteiger partial charge in [0.15, 0.2) is 0 Å². The third kappa shape index (κ3) is 3.74. The Morgan fingerprint density at radius 3 is 2.55 bits per heavy atom. The third-order valence-electron chi connectivity index (χ3n) is 2.45. The van der Waals surface area contributed by atoms with Gasteiger partial charge in [0.2, 0.25) is 11.8 Å². The molecule has 0 fully saturated rings. The van der Waals surface area contributed by atoms with E-state index in [-0.39, 0.29) is 0 Å². The predicted molar refractivity (Wildman–Crippen MR) is 78.9 cm³/mol. The Kier molecular flexibility index (Phi) is 5.01. The van der Waals surface area contributed by atoms with E-state index < -0.39 is 0 Å². The molecule has 20 heavy (non-hydrogen) atoms. The van der Waals surface area contributed by atoms with Crippen LogP contribution in [0.25, 0.3) is 0 Å². The summed E-state index contributed by atoms with van der Waals surface area (Å²) >= 11 is 6.00. The zero-order valence-corrected chi connectivity index (χ0v) is 12.1. The summed E-state index contributed by atoms with van der Waals surface area (Å²) in [4.78, 5) is 8.14. The first-order chi connectivity index (χ1) is 9.72. The van der Waals surface area contributed by atoms with E-state index in [1.807, 2.05) is 24.3 Å². The van der Waals surface area contributed by atoms with Crippen molar-refractivity contribution in [3.8, 4) is 17.4 Å². The summed E-state index contributed by atoms with van der Waals surface area (Å²) in [5, 5.41) is 3.19. The molecule has 5 nitrogen and oxygen atoms in total. The van der Waals surface area contributed by atoms with Gasteiger partial charge in [-0.15, -0.1) is 0 Å². The van der Waals surface area contributed by atoms with Crippen LogP contribution in [0.5, 0.6) is 17.4 Å². The molecule has 0 saturated heterocycles. The maximum atomic E-state index is 6.00. The molecule has 0 bridgehead atoms. The fourth-order valence-corrected chi connectivity index (χ4v) is 1.61. The molecule has 1 heterocycles. The van der Waals surface area contributed by atoms with Gasteiger partial charge in [-0.3, -0.25) is 0 Å².